The molecule has 1 aromatic heterocycles. The van der Waals surface area contributed by atoms with Crippen molar-refractivity contribution in [2.75, 3.05) is 17.2 Å². The zero-order valence-electron chi connectivity index (χ0n) is 14.2. The number of benzene rings is 2. The predicted octanol–water partition coefficient (Wildman–Crippen LogP) is 2.88. The fourth-order valence-corrected chi connectivity index (χ4v) is 3.94. The summed E-state index contributed by atoms with van der Waals surface area (Å²) in [5.41, 5.74) is 2.59. The molecule has 0 bridgehead atoms. The highest BCUT2D eigenvalue weighted by atomic mass is 32.2. The van der Waals surface area contributed by atoms with Gasteiger partial charge in [0.05, 0.1) is 28.5 Å². The van der Waals surface area contributed by atoms with Crippen molar-refractivity contribution in [2.24, 2.45) is 0 Å². The summed E-state index contributed by atoms with van der Waals surface area (Å²) in [6.45, 7) is 1.87. The number of anilines is 1. The van der Waals surface area contributed by atoms with Gasteiger partial charge in [0.2, 0.25) is 11.8 Å². The van der Waals surface area contributed by atoms with Crippen LogP contribution in [0.4, 0.5) is 5.69 Å². The smallest absolute Gasteiger partial charge is 0.240 e. The second kappa shape index (κ2) is 6.84. The molecule has 0 saturated carbocycles. The number of aromatic nitrogens is 2. The van der Waals surface area contributed by atoms with Crippen LogP contribution in [0.25, 0.3) is 11.0 Å². The molecular weight excluding hydrogens is 348 g/mol. The Kier molecular flexibility index (Phi) is 4.38. The van der Waals surface area contributed by atoms with E-state index in [0.29, 0.717) is 11.6 Å². The van der Waals surface area contributed by atoms with Crippen LogP contribution in [0.5, 0.6) is 0 Å². The lowest BCUT2D eigenvalue weighted by molar-refractivity contribution is -0.123. The average molecular weight is 366 g/mol. The highest BCUT2D eigenvalue weighted by Crippen LogP contribution is 2.34. The average Bonchev–Trinajstić information content (AvgIpc) is 3.08. The molecule has 1 atom stereocenters. The fraction of sp³-hybridized carbons (Fsp3) is 0.211. The third kappa shape index (κ3) is 3.17. The molecule has 0 radical (unpaired) electrons. The highest BCUT2D eigenvalue weighted by Gasteiger charge is 2.26. The summed E-state index contributed by atoms with van der Waals surface area (Å²) in [5.74, 6) is 0.775. The van der Waals surface area contributed by atoms with Gasteiger partial charge < -0.3 is 15.2 Å². The summed E-state index contributed by atoms with van der Waals surface area (Å²) >= 11 is 1.50. The van der Waals surface area contributed by atoms with Gasteiger partial charge in [0.15, 0.2) is 0 Å². The third-order valence-corrected chi connectivity index (χ3v) is 5.35. The van der Waals surface area contributed by atoms with Crippen molar-refractivity contribution >= 4 is 40.3 Å². The summed E-state index contributed by atoms with van der Waals surface area (Å²) in [4.78, 5) is 35.1. The van der Waals surface area contributed by atoms with Crippen LogP contribution in [0.2, 0.25) is 0 Å². The van der Waals surface area contributed by atoms with E-state index >= 15 is 0 Å². The van der Waals surface area contributed by atoms with Crippen molar-refractivity contribution in [2.45, 2.75) is 17.9 Å². The molecule has 1 unspecified atom stereocenters. The van der Waals surface area contributed by atoms with Crippen LogP contribution >= 0.6 is 11.8 Å². The number of amides is 2. The Morgan fingerprint density at radius 2 is 2.04 bits per heavy atom. The molecule has 0 aliphatic carbocycles. The molecule has 7 heteroatoms. The van der Waals surface area contributed by atoms with Gasteiger partial charge in [0.25, 0.3) is 0 Å². The summed E-state index contributed by atoms with van der Waals surface area (Å²) < 4.78 is 0. The summed E-state index contributed by atoms with van der Waals surface area (Å²) in [7, 11) is 0. The van der Waals surface area contributed by atoms with E-state index in [4.69, 9.17) is 0 Å². The van der Waals surface area contributed by atoms with E-state index in [2.05, 4.69) is 15.3 Å². The fourth-order valence-electron chi connectivity index (χ4n) is 3.00. The number of H-pyrrole nitrogens is 1. The second-order valence-corrected chi connectivity index (χ2v) is 7.18. The van der Waals surface area contributed by atoms with E-state index in [0.717, 1.165) is 21.6 Å². The van der Waals surface area contributed by atoms with E-state index in [9.17, 15) is 9.59 Å². The van der Waals surface area contributed by atoms with E-state index in [1.54, 1.807) is 4.90 Å². The molecule has 0 saturated heterocycles. The van der Waals surface area contributed by atoms with Crippen LogP contribution in [0.1, 0.15) is 18.8 Å². The van der Waals surface area contributed by atoms with Gasteiger partial charge in [-0.05, 0) is 31.2 Å². The van der Waals surface area contributed by atoms with Crippen LogP contribution in [-0.4, -0.2) is 34.1 Å². The Morgan fingerprint density at radius 3 is 2.88 bits per heavy atom. The number of hydrogen-bond donors (Lipinski definition) is 2. The van der Waals surface area contributed by atoms with Gasteiger partial charge in [-0.25, -0.2) is 4.98 Å². The minimum Gasteiger partial charge on any atom is -0.345 e. The molecule has 2 aromatic carbocycles. The molecule has 6 nitrogen and oxygen atoms in total. The van der Waals surface area contributed by atoms with Crippen LogP contribution in [0, 0.1) is 0 Å². The number of carbonyl (C=O) groups is 2. The summed E-state index contributed by atoms with van der Waals surface area (Å²) in [5, 5.41) is 2.92. The molecule has 4 rings (SSSR count). The van der Waals surface area contributed by atoms with Crippen LogP contribution in [0.15, 0.2) is 53.4 Å². The Labute approximate surface area is 155 Å². The lowest BCUT2D eigenvalue weighted by atomic mass is 10.2. The Morgan fingerprint density at radius 1 is 1.27 bits per heavy atom. The molecule has 0 spiro atoms. The normalized spacial score (nSPS) is 15.0. The SMILES string of the molecule is CC(NC(=O)CN1C(=O)CSc2ccccc21)c1nc2ccccc2[nH]1. The lowest BCUT2D eigenvalue weighted by Gasteiger charge is -2.28. The zero-order valence-corrected chi connectivity index (χ0v) is 15.0. The minimum atomic E-state index is -0.278. The van der Waals surface area contributed by atoms with Crippen LogP contribution < -0.4 is 10.2 Å². The number of rotatable bonds is 4. The molecule has 1 aliphatic heterocycles. The first-order valence-electron chi connectivity index (χ1n) is 8.38. The van der Waals surface area contributed by atoms with Gasteiger partial charge in [-0.15, -0.1) is 11.8 Å². The Bertz CT molecular complexity index is 951. The number of aromatic amines is 1. The Hall–Kier alpha value is -2.80. The molecule has 2 N–H and O–H groups in total. The topological polar surface area (TPSA) is 78.1 Å². The second-order valence-electron chi connectivity index (χ2n) is 6.16. The third-order valence-electron chi connectivity index (χ3n) is 4.31. The quantitative estimate of drug-likeness (QED) is 0.744. The van der Waals surface area contributed by atoms with E-state index in [1.165, 1.54) is 11.8 Å². The maximum absolute atomic E-state index is 12.5. The number of fused-ring (bicyclic) bond motifs is 2. The first kappa shape index (κ1) is 16.7. The number of nitrogens with one attached hydrogen (secondary N) is 2. The first-order chi connectivity index (χ1) is 12.6. The van der Waals surface area contributed by atoms with Crippen molar-refractivity contribution in [3.63, 3.8) is 0 Å². The summed E-state index contributed by atoms with van der Waals surface area (Å²) in [6, 6.07) is 15.1. The Balaban J connectivity index is 1.47. The van der Waals surface area contributed by atoms with Crippen LogP contribution in [0.3, 0.4) is 0 Å². The molecule has 1 aliphatic rings. The summed E-state index contributed by atoms with van der Waals surface area (Å²) in [6.07, 6.45) is 0. The largest absolute Gasteiger partial charge is 0.345 e. The number of thioether (sulfide) groups is 1. The molecule has 132 valence electrons. The monoisotopic (exact) mass is 366 g/mol. The van der Waals surface area contributed by atoms with Gasteiger partial charge in [-0.1, -0.05) is 24.3 Å². The van der Waals surface area contributed by atoms with E-state index < -0.39 is 0 Å². The van der Waals surface area contributed by atoms with Crippen LogP contribution in [-0.2, 0) is 9.59 Å². The van der Waals surface area contributed by atoms with Gasteiger partial charge in [0.1, 0.15) is 12.4 Å². The number of para-hydroxylation sites is 3. The van der Waals surface area contributed by atoms with Crippen molar-refractivity contribution in [1.29, 1.82) is 0 Å². The maximum atomic E-state index is 12.5. The van der Waals surface area contributed by atoms with Gasteiger partial charge in [-0.2, -0.15) is 0 Å². The van der Waals surface area contributed by atoms with Gasteiger partial charge in [0, 0.05) is 4.90 Å². The number of hydrogen-bond acceptors (Lipinski definition) is 4. The van der Waals surface area contributed by atoms with E-state index in [1.807, 2.05) is 55.5 Å². The maximum Gasteiger partial charge on any atom is 0.240 e. The van der Waals surface area contributed by atoms with Gasteiger partial charge in [-0.3, -0.25) is 9.59 Å². The molecule has 2 heterocycles. The predicted molar refractivity (Wildman–Crippen MR) is 102 cm³/mol. The minimum absolute atomic E-state index is 0.000967. The number of imidazole rings is 1. The van der Waals surface area contributed by atoms with Crippen molar-refractivity contribution in [1.82, 2.24) is 15.3 Å². The van der Waals surface area contributed by atoms with Crippen molar-refractivity contribution in [3.8, 4) is 0 Å². The number of nitrogens with zero attached hydrogens (tertiary/aromatic N) is 2. The first-order valence-corrected chi connectivity index (χ1v) is 9.36. The molecule has 2 amide bonds. The molecular formula is C19H18N4O2S. The molecule has 0 fully saturated rings. The van der Waals surface area contributed by atoms with Gasteiger partial charge >= 0.3 is 0 Å². The lowest BCUT2D eigenvalue weighted by Crippen LogP contribution is -2.43. The standard InChI is InChI=1S/C19H18N4O2S/c1-12(19-21-13-6-2-3-7-14(13)22-19)20-17(24)10-23-15-8-4-5-9-16(15)26-11-18(23)25/h2-9,12H,10-11H2,1H3,(H,20,24)(H,21,22). The zero-order chi connectivity index (χ0) is 18.1. The van der Waals surface area contributed by atoms with Crippen molar-refractivity contribution in [3.05, 3.63) is 54.4 Å². The molecule has 26 heavy (non-hydrogen) atoms. The van der Waals surface area contributed by atoms with E-state index in [-0.39, 0.29) is 24.4 Å². The number of carbonyl (C=O) groups excluding carboxylic acids is 2. The molecule has 3 aromatic rings. The highest BCUT2D eigenvalue weighted by molar-refractivity contribution is 8.00. The van der Waals surface area contributed by atoms with Crippen molar-refractivity contribution < 1.29 is 9.59 Å².